The van der Waals surface area contributed by atoms with Gasteiger partial charge in [-0.2, -0.15) is 0 Å². The summed E-state index contributed by atoms with van der Waals surface area (Å²) in [5.74, 6) is 0.531. The minimum atomic E-state index is 0.531. The molecule has 0 heterocycles. The molecule has 0 unspecified atom stereocenters. The van der Waals surface area contributed by atoms with Crippen LogP contribution in [-0.4, -0.2) is 5.78 Å². The number of carbonyl (C=O) groups is 1. The molecule has 0 saturated heterocycles. The molecule has 0 bridgehead atoms. The van der Waals surface area contributed by atoms with Gasteiger partial charge in [0, 0.05) is 12.8 Å². The maximum atomic E-state index is 12.2. The molecule has 42 heavy (non-hydrogen) atoms. The second-order valence-electron chi connectivity index (χ2n) is 14.1. The summed E-state index contributed by atoms with van der Waals surface area (Å²) in [6, 6.07) is 0. The SMILES string of the molecule is CCCCCCCCCCCCCCCCCCCCC(=O)CCCCCCCCCCCCCCCCCCCC. The van der Waals surface area contributed by atoms with Gasteiger partial charge in [0.1, 0.15) is 5.78 Å². The van der Waals surface area contributed by atoms with Crippen LogP contribution in [0.4, 0.5) is 0 Å². The van der Waals surface area contributed by atoms with Crippen LogP contribution in [0.1, 0.15) is 258 Å². The van der Waals surface area contributed by atoms with Crippen molar-refractivity contribution in [3.8, 4) is 0 Å². The fourth-order valence-electron chi connectivity index (χ4n) is 6.57. The molecular formula is C41H82O. The molecule has 0 aromatic rings. The lowest BCUT2D eigenvalue weighted by Crippen LogP contribution is -1.97. The van der Waals surface area contributed by atoms with E-state index >= 15 is 0 Å². The standard InChI is InChI=1S/C41H82O/c1-3-5-7-9-11-13-15-17-19-21-23-25-27-29-31-33-35-37-39-41(42)40-38-36-34-32-30-28-26-24-22-20-18-16-14-12-10-8-6-4-2/h3-40H2,1-2H3. The highest BCUT2D eigenvalue weighted by Gasteiger charge is 2.02. The Hall–Kier alpha value is -0.330. The lowest BCUT2D eigenvalue weighted by Gasteiger charge is -2.05. The lowest BCUT2D eigenvalue weighted by atomic mass is 10.0. The Morgan fingerprint density at radius 2 is 0.381 bits per heavy atom. The summed E-state index contributed by atoms with van der Waals surface area (Å²) in [7, 11) is 0. The summed E-state index contributed by atoms with van der Waals surface area (Å²) >= 11 is 0. The van der Waals surface area contributed by atoms with E-state index in [1.54, 1.807) is 0 Å². The summed E-state index contributed by atoms with van der Waals surface area (Å²) in [4.78, 5) is 12.2. The number of carbonyl (C=O) groups excluding carboxylic acids is 1. The van der Waals surface area contributed by atoms with Crippen molar-refractivity contribution >= 4 is 5.78 Å². The van der Waals surface area contributed by atoms with E-state index in [0.29, 0.717) is 5.78 Å². The first kappa shape index (κ1) is 41.7. The van der Waals surface area contributed by atoms with Crippen LogP contribution in [-0.2, 0) is 4.79 Å². The van der Waals surface area contributed by atoms with Crippen LogP contribution in [0, 0.1) is 0 Å². The zero-order valence-corrected chi connectivity index (χ0v) is 29.8. The monoisotopic (exact) mass is 591 g/mol. The fraction of sp³-hybridized carbons (Fsp3) is 0.976. The third kappa shape index (κ3) is 37.7. The molecule has 0 atom stereocenters. The average Bonchev–Trinajstić information content (AvgIpc) is 3.00. The van der Waals surface area contributed by atoms with Crippen LogP contribution in [0.5, 0.6) is 0 Å². The van der Waals surface area contributed by atoms with Crippen LogP contribution in [0.2, 0.25) is 0 Å². The van der Waals surface area contributed by atoms with E-state index in [1.807, 2.05) is 0 Å². The molecule has 0 spiro atoms. The Balaban J connectivity index is 3.14. The molecule has 0 aliphatic rings. The van der Waals surface area contributed by atoms with Crippen LogP contribution >= 0.6 is 0 Å². The van der Waals surface area contributed by atoms with Gasteiger partial charge in [-0.1, -0.05) is 232 Å². The van der Waals surface area contributed by atoms with Crippen molar-refractivity contribution in [1.29, 1.82) is 0 Å². The molecule has 1 heteroatoms. The lowest BCUT2D eigenvalue weighted by molar-refractivity contribution is -0.119. The van der Waals surface area contributed by atoms with Gasteiger partial charge in [0.05, 0.1) is 0 Å². The first-order valence-electron chi connectivity index (χ1n) is 20.3. The largest absolute Gasteiger partial charge is 0.300 e. The fourth-order valence-corrected chi connectivity index (χ4v) is 6.57. The van der Waals surface area contributed by atoms with Crippen LogP contribution in [0.3, 0.4) is 0 Å². The number of hydrogen-bond acceptors (Lipinski definition) is 1. The van der Waals surface area contributed by atoms with Crippen LogP contribution in [0.25, 0.3) is 0 Å². The Kier molecular flexibility index (Phi) is 38.4. The molecule has 0 N–H and O–H groups in total. The minimum Gasteiger partial charge on any atom is -0.300 e. The van der Waals surface area contributed by atoms with E-state index < -0.39 is 0 Å². The number of unbranched alkanes of at least 4 members (excludes halogenated alkanes) is 34. The van der Waals surface area contributed by atoms with Crippen molar-refractivity contribution in [1.82, 2.24) is 0 Å². The summed E-state index contributed by atoms with van der Waals surface area (Å²) in [6.07, 6.45) is 52.4. The van der Waals surface area contributed by atoms with Crippen molar-refractivity contribution in [3.05, 3.63) is 0 Å². The van der Waals surface area contributed by atoms with E-state index in [1.165, 1.54) is 218 Å². The van der Waals surface area contributed by atoms with Crippen molar-refractivity contribution in [2.45, 2.75) is 258 Å². The van der Waals surface area contributed by atoms with Gasteiger partial charge in [0.15, 0.2) is 0 Å². The summed E-state index contributed by atoms with van der Waals surface area (Å²) in [5, 5.41) is 0. The molecular weight excluding hydrogens is 508 g/mol. The van der Waals surface area contributed by atoms with E-state index in [9.17, 15) is 4.79 Å². The van der Waals surface area contributed by atoms with Gasteiger partial charge in [-0.3, -0.25) is 4.79 Å². The molecule has 0 saturated carbocycles. The second kappa shape index (κ2) is 38.7. The summed E-state index contributed by atoms with van der Waals surface area (Å²) < 4.78 is 0. The van der Waals surface area contributed by atoms with Gasteiger partial charge in [0.2, 0.25) is 0 Å². The molecule has 0 fully saturated rings. The third-order valence-electron chi connectivity index (χ3n) is 9.62. The highest BCUT2D eigenvalue weighted by molar-refractivity contribution is 5.78. The minimum absolute atomic E-state index is 0.531. The zero-order chi connectivity index (χ0) is 30.4. The Morgan fingerprint density at radius 3 is 0.548 bits per heavy atom. The molecule has 0 aliphatic carbocycles. The molecule has 0 radical (unpaired) electrons. The van der Waals surface area contributed by atoms with E-state index in [4.69, 9.17) is 0 Å². The number of Topliss-reactive ketones (excluding diaryl/α,β-unsaturated/α-hetero) is 1. The molecule has 0 aromatic carbocycles. The maximum Gasteiger partial charge on any atom is 0.132 e. The zero-order valence-electron chi connectivity index (χ0n) is 29.8. The van der Waals surface area contributed by atoms with Crippen LogP contribution in [0.15, 0.2) is 0 Å². The highest BCUT2D eigenvalue weighted by Crippen LogP contribution is 2.17. The molecule has 0 rings (SSSR count). The number of hydrogen-bond donors (Lipinski definition) is 0. The van der Waals surface area contributed by atoms with Gasteiger partial charge in [-0.05, 0) is 12.8 Å². The topological polar surface area (TPSA) is 17.1 Å². The molecule has 0 aromatic heterocycles. The van der Waals surface area contributed by atoms with Crippen molar-refractivity contribution in [2.24, 2.45) is 0 Å². The highest BCUT2D eigenvalue weighted by atomic mass is 16.1. The van der Waals surface area contributed by atoms with Crippen molar-refractivity contribution in [3.63, 3.8) is 0 Å². The Morgan fingerprint density at radius 1 is 0.238 bits per heavy atom. The number of ketones is 1. The number of rotatable bonds is 38. The molecule has 252 valence electrons. The van der Waals surface area contributed by atoms with Gasteiger partial charge < -0.3 is 0 Å². The first-order chi connectivity index (χ1) is 20.8. The predicted octanol–water partition coefficient (Wildman–Crippen LogP) is 15.4. The van der Waals surface area contributed by atoms with E-state index in [-0.39, 0.29) is 0 Å². The molecule has 0 aliphatic heterocycles. The van der Waals surface area contributed by atoms with Crippen molar-refractivity contribution < 1.29 is 4.79 Å². The van der Waals surface area contributed by atoms with Gasteiger partial charge >= 0.3 is 0 Å². The maximum absolute atomic E-state index is 12.2. The van der Waals surface area contributed by atoms with Gasteiger partial charge in [0.25, 0.3) is 0 Å². The summed E-state index contributed by atoms with van der Waals surface area (Å²) in [5.41, 5.74) is 0. The van der Waals surface area contributed by atoms with E-state index in [0.717, 1.165) is 25.7 Å². The quantitative estimate of drug-likeness (QED) is 0.0654. The first-order valence-corrected chi connectivity index (χ1v) is 20.3. The molecule has 1 nitrogen and oxygen atoms in total. The Bertz CT molecular complexity index is 441. The predicted molar refractivity (Wildman–Crippen MR) is 192 cm³/mol. The second-order valence-corrected chi connectivity index (χ2v) is 14.1. The summed E-state index contributed by atoms with van der Waals surface area (Å²) in [6.45, 7) is 4.60. The smallest absolute Gasteiger partial charge is 0.132 e. The van der Waals surface area contributed by atoms with E-state index in [2.05, 4.69) is 13.8 Å². The third-order valence-corrected chi connectivity index (χ3v) is 9.62. The van der Waals surface area contributed by atoms with Gasteiger partial charge in [-0.15, -0.1) is 0 Å². The Labute approximate surface area is 267 Å². The van der Waals surface area contributed by atoms with Crippen LogP contribution < -0.4 is 0 Å². The molecule has 0 amide bonds. The average molecular weight is 591 g/mol. The van der Waals surface area contributed by atoms with Crippen molar-refractivity contribution in [2.75, 3.05) is 0 Å². The normalized spacial score (nSPS) is 11.5. The van der Waals surface area contributed by atoms with Gasteiger partial charge in [-0.25, -0.2) is 0 Å².